The number of carbonyl (C=O) groups excluding carboxylic acids is 1. The summed E-state index contributed by atoms with van der Waals surface area (Å²) in [6, 6.07) is 6.62. The van der Waals surface area contributed by atoms with Gasteiger partial charge in [-0.1, -0.05) is 36.2 Å². The third-order valence-electron chi connectivity index (χ3n) is 4.09. The molecule has 2 atom stereocenters. The van der Waals surface area contributed by atoms with Gasteiger partial charge in [0, 0.05) is 4.47 Å². The van der Waals surface area contributed by atoms with Gasteiger partial charge in [-0.05, 0) is 37.1 Å². The van der Waals surface area contributed by atoms with E-state index in [1.807, 2.05) is 31.2 Å². The maximum Gasteiger partial charge on any atom is 0.326 e. The molecule has 7 heteroatoms. The molecule has 1 aromatic heterocycles. The van der Waals surface area contributed by atoms with Gasteiger partial charge in [0.25, 0.3) is 5.91 Å². The van der Waals surface area contributed by atoms with E-state index in [-0.39, 0.29) is 5.92 Å². The maximum absolute atomic E-state index is 12.5. The van der Waals surface area contributed by atoms with Crippen molar-refractivity contribution >= 4 is 27.8 Å². The molecule has 0 aliphatic rings. The summed E-state index contributed by atoms with van der Waals surface area (Å²) in [5.74, 6) is -1.62. The number of amides is 1. The number of rotatable bonds is 6. The summed E-state index contributed by atoms with van der Waals surface area (Å²) in [6.07, 6.45) is 2.12. The van der Waals surface area contributed by atoms with Gasteiger partial charge in [0.2, 0.25) is 0 Å². The summed E-state index contributed by atoms with van der Waals surface area (Å²) < 4.78 is 2.60. The van der Waals surface area contributed by atoms with Crippen LogP contribution < -0.4 is 5.32 Å². The molecule has 24 heavy (non-hydrogen) atoms. The predicted octanol–water partition coefficient (Wildman–Crippen LogP) is 3.17. The first-order chi connectivity index (χ1) is 11.3. The van der Waals surface area contributed by atoms with Crippen LogP contribution in [0.5, 0.6) is 0 Å². The molecular formula is C17H20BrN3O3. The first-order valence-electron chi connectivity index (χ1n) is 7.69. The normalized spacial score (nSPS) is 13.3. The fraction of sp³-hybridized carbons (Fsp3) is 0.353. The van der Waals surface area contributed by atoms with Gasteiger partial charge in [-0.3, -0.25) is 4.79 Å². The SMILES string of the molecule is CC[C@H](C)[C@H](NC(=O)c1cnn(-c2ccc(Br)cc2)c1C)C(=O)O. The molecule has 0 unspecified atom stereocenters. The van der Waals surface area contributed by atoms with E-state index in [1.54, 1.807) is 18.5 Å². The fourth-order valence-electron chi connectivity index (χ4n) is 2.38. The second-order valence-corrected chi connectivity index (χ2v) is 6.62. The fourth-order valence-corrected chi connectivity index (χ4v) is 2.64. The van der Waals surface area contributed by atoms with Crippen LogP contribution in [0.1, 0.15) is 36.3 Å². The summed E-state index contributed by atoms with van der Waals surface area (Å²) >= 11 is 3.38. The highest BCUT2D eigenvalue weighted by molar-refractivity contribution is 9.10. The number of carboxylic acid groups (broad SMARTS) is 1. The van der Waals surface area contributed by atoms with Crippen LogP contribution in [-0.2, 0) is 4.79 Å². The second-order valence-electron chi connectivity index (χ2n) is 5.71. The van der Waals surface area contributed by atoms with Gasteiger partial charge in [0.15, 0.2) is 0 Å². The van der Waals surface area contributed by atoms with Crippen molar-refractivity contribution in [2.45, 2.75) is 33.2 Å². The molecule has 0 spiro atoms. The van der Waals surface area contributed by atoms with Crippen LogP contribution in [-0.4, -0.2) is 32.8 Å². The smallest absolute Gasteiger partial charge is 0.326 e. The minimum atomic E-state index is -1.03. The molecule has 2 rings (SSSR count). The van der Waals surface area contributed by atoms with Gasteiger partial charge < -0.3 is 10.4 Å². The molecule has 1 amide bonds. The number of hydrogen-bond donors (Lipinski definition) is 2. The van der Waals surface area contributed by atoms with Crippen molar-refractivity contribution in [2.75, 3.05) is 0 Å². The molecule has 1 heterocycles. The number of nitrogens with one attached hydrogen (secondary N) is 1. The summed E-state index contributed by atoms with van der Waals surface area (Å²) in [7, 11) is 0. The summed E-state index contributed by atoms with van der Waals surface area (Å²) in [5.41, 5.74) is 1.85. The maximum atomic E-state index is 12.5. The Kier molecular flexibility index (Phi) is 5.77. The second kappa shape index (κ2) is 7.61. The molecule has 6 nitrogen and oxygen atoms in total. The topological polar surface area (TPSA) is 84.2 Å². The van der Waals surface area contributed by atoms with E-state index in [4.69, 9.17) is 0 Å². The number of benzene rings is 1. The van der Waals surface area contributed by atoms with E-state index in [0.29, 0.717) is 17.7 Å². The monoisotopic (exact) mass is 393 g/mol. The van der Waals surface area contributed by atoms with Gasteiger partial charge >= 0.3 is 5.97 Å². The first-order valence-corrected chi connectivity index (χ1v) is 8.48. The van der Waals surface area contributed by atoms with Gasteiger partial charge in [-0.15, -0.1) is 0 Å². The molecule has 1 aromatic carbocycles. The zero-order valence-corrected chi connectivity index (χ0v) is 15.4. The molecule has 0 aliphatic carbocycles. The Bertz CT molecular complexity index is 740. The Morgan fingerprint density at radius 3 is 2.50 bits per heavy atom. The number of halogens is 1. The average Bonchev–Trinajstić information content (AvgIpc) is 2.94. The molecular weight excluding hydrogens is 374 g/mol. The minimum Gasteiger partial charge on any atom is -0.480 e. The van der Waals surface area contributed by atoms with Crippen LogP contribution in [0, 0.1) is 12.8 Å². The lowest BCUT2D eigenvalue weighted by atomic mass is 9.99. The number of carbonyl (C=O) groups is 2. The molecule has 0 bridgehead atoms. The van der Waals surface area contributed by atoms with Crippen LogP contribution >= 0.6 is 15.9 Å². The summed E-state index contributed by atoms with van der Waals surface area (Å²) in [4.78, 5) is 23.8. The Morgan fingerprint density at radius 1 is 1.33 bits per heavy atom. The van der Waals surface area contributed by atoms with Crippen molar-refractivity contribution in [3.8, 4) is 5.69 Å². The molecule has 128 valence electrons. The Hall–Kier alpha value is -2.15. The summed E-state index contributed by atoms with van der Waals surface area (Å²) in [6.45, 7) is 5.48. The van der Waals surface area contributed by atoms with Crippen molar-refractivity contribution in [3.05, 3.63) is 46.2 Å². The lowest BCUT2D eigenvalue weighted by molar-refractivity contribution is -0.140. The van der Waals surface area contributed by atoms with E-state index >= 15 is 0 Å². The highest BCUT2D eigenvalue weighted by Gasteiger charge is 2.27. The van der Waals surface area contributed by atoms with Crippen LogP contribution in [0.15, 0.2) is 34.9 Å². The number of nitrogens with zero attached hydrogens (tertiary/aromatic N) is 2. The van der Waals surface area contributed by atoms with Crippen molar-refractivity contribution in [1.82, 2.24) is 15.1 Å². The van der Waals surface area contributed by atoms with Crippen LogP contribution in [0.25, 0.3) is 5.69 Å². The van der Waals surface area contributed by atoms with Crippen molar-refractivity contribution < 1.29 is 14.7 Å². The Morgan fingerprint density at radius 2 is 1.96 bits per heavy atom. The van der Waals surface area contributed by atoms with Gasteiger partial charge in [-0.25, -0.2) is 9.48 Å². The quantitative estimate of drug-likeness (QED) is 0.788. The van der Waals surface area contributed by atoms with Gasteiger partial charge in [0.1, 0.15) is 6.04 Å². The van der Waals surface area contributed by atoms with E-state index in [2.05, 4.69) is 26.3 Å². The van der Waals surface area contributed by atoms with E-state index in [0.717, 1.165) is 10.2 Å². The largest absolute Gasteiger partial charge is 0.480 e. The molecule has 0 saturated carbocycles. The van der Waals surface area contributed by atoms with E-state index < -0.39 is 17.9 Å². The van der Waals surface area contributed by atoms with Crippen molar-refractivity contribution in [2.24, 2.45) is 5.92 Å². The zero-order valence-electron chi connectivity index (χ0n) is 13.8. The number of aliphatic carboxylic acids is 1. The molecule has 0 saturated heterocycles. The van der Waals surface area contributed by atoms with E-state index in [9.17, 15) is 14.7 Å². The van der Waals surface area contributed by atoms with Crippen molar-refractivity contribution in [3.63, 3.8) is 0 Å². The van der Waals surface area contributed by atoms with Crippen molar-refractivity contribution in [1.29, 1.82) is 0 Å². The summed E-state index contributed by atoms with van der Waals surface area (Å²) in [5, 5.41) is 16.2. The Labute approximate surface area is 149 Å². The highest BCUT2D eigenvalue weighted by Crippen LogP contribution is 2.18. The molecule has 2 aromatic rings. The minimum absolute atomic E-state index is 0.159. The van der Waals surface area contributed by atoms with Crippen LogP contribution in [0.4, 0.5) is 0 Å². The number of carboxylic acids is 1. The predicted molar refractivity (Wildman–Crippen MR) is 94.3 cm³/mol. The van der Waals surface area contributed by atoms with Gasteiger partial charge in [-0.2, -0.15) is 5.10 Å². The number of aromatic nitrogens is 2. The lowest BCUT2D eigenvalue weighted by Gasteiger charge is -2.20. The molecule has 0 radical (unpaired) electrons. The standard InChI is InChI=1S/C17H20BrN3O3/c1-4-10(2)15(17(23)24)20-16(22)14-9-19-21(11(14)3)13-7-5-12(18)6-8-13/h5-10,15H,4H2,1-3H3,(H,20,22)(H,23,24)/t10-,15-/m0/s1. The zero-order chi connectivity index (χ0) is 17.9. The third-order valence-corrected chi connectivity index (χ3v) is 4.62. The van der Waals surface area contributed by atoms with Crippen LogP contribution in [0.2, 0.25) is 0 Å². The number of hydrogen-bond acceptors (Lipinski definition) is 3. The van der Waals surface area contributed by atoms with Crippen LogP contribution in [0.3, 0.4) is 0 Å². The van der Waals surface area contributed by atoms with Gasteiger partial charge in [0.05, 0.1) is 23.1 Å². The molecule has 2 N–H and O–H groups in total. The third kappa shape index (κ3) is 3.84. The molecule has 0 fully saturated rings. The Balaban J connectivity index is 2.25. The average molecular weight is 394 g/mol. The molecule has 0 aliphatic heterocycles. The highest BCUT2D eigenvalue weighted by atomic mass is 79.9. The first kappa shape index (κ1) is 18.2. The van der Waals surface area contributed by atoms with E-state index in [1.165, 1.54) is 6.20 Å². The lowest BCUT2D eigenvalue weighted by Crippen LogP contribution is -2.45.